The van der Waals surface area contributed by atoms with E-state index in [0.717, 1.165) is 50.2 Å². The van der Waals surface area contributed by atoms with Crippen molar-refractivity contribution in [3.8, 4) is 0 Å². The molecule has 2 aromatic rings. The predicted molar refractivity (Wildman–Crippen MR) is 90.5 cm³/mol. The maximum Gasteiger partial charge on any atom is 0.233 e. The van der Waals surface area contributed by atoms with E-state index in [2.05, 4.69) is 22.4 Å². The van der Waals surface area contributed by atoms with Crippen molar-refractivity contribution >= 4 is 17.7 Å². The van der Waals surface area contributed by atoms with Crippen LogP contribution in [-0.2, 0) is 18.3 Å². The van der Waals surface area contributed by atoms with Gasteiger partial charge in [-0.1, -0.05) is 31.5 Å². The summed E-state index contributed by atoms with van der Waals surface area (Å²) in [5, 5.41) is 12.0. The van der Waals surface area contributed by atoms with Crippen molar-refractivity contribution in [2.24, 2.45) is 7.05 Å². The fourth-order valence-corrected chi connectivity index (χ4v) is 3.75. The van der Waals surface area contributed by atoms with Crippen LogP contribution in [-0.4, -0.2) is 43.3 Å². The van der Waals surface area contributed by atoms with Gasteiger partial charge in [0.2, 0.25) is 11.1 Å². The largest absolute Gasteiger partial charge is 0.464 e. The van der Waals surface area contributed by atoms with Crippen LogP contribution in [0.25, 0.3) is 0 Å². The second-order valence-corrected chi connectivity index (χ2v) is 6.93. The van der Waals surface area contributed by atoms with Crippen molar-refractivity contribution in [2.45, 2.75) is 50.2 Å². The van der Waals surface area contributed by atoms with Gasteiger partial charge in [0.05, 0.1) is 11.8 Å². The molecule has 24 heavy (non-hydrogen) atoms. The fourth-order valence-electron chi connectivity index (χ4n) is 3.02. The van der Waals surface area contributed by atoms with E-state index in [-0.39, 0.29) is 11.9 Å². The minimum Gasteiger partial charge on any atom is -0.464 e. The Morgan fingerprint density at radius 2 is 2.25 bits per heavy atom. The van der Waals surface area contributed by atoms with E-state index >= 15 is 0 Å². The number of hydrogen-bond donors (Lipinski definition) is 0. The summed E-state index contributed by atoms with van der Waals surface area (Å²) < 4.78 is 7.52. The molecule has 0 spiro atoms. The quantitative estimate of drug-likeness (QED) is 0.772. The molecule has 1 atom stereocenters. The number of amides is 1. The third-order valence-corrected chi connectivity index (χ3v) is 5.33. The summed E-state index contributed by atoms with van der Waals surface area (Å²) in [6.07, 6.45) is 5.15. The first-order valence-corrected chi connectivity index (χ1v) is 9.41. The van der Waals surface area contributed by atoms with E-state index in [1.54, 1.807) is 11.7 Å². The Labute approximate surface area is 145 Å². The molecule has 130 valence electrons. The molecule has 3 rings (SSSR count). The molecule has 1 fully saturated rings. The topological polar surface area (TPSA) is 77.1 Å². The molecule has 0 aliphatic carbocycles. The van der Waals surface area contributed by atoms with Gasteiger partial charge in [-0.3, -0.25) is 4.79 Å². The van der Waals surface area contributed by atoms with Crippen LogP contribution in [0.4, 0.5) is 0 Å². The van der Waals surface area contributed by atoms with E-state index in [9.17, 15) is 4.79 Å². The average molecular weight is 349 g/mol. The third-order valence-electron chi connectivity index (χ3n) is 4.34. The number of carbonyl (C=O) groups excluding carboxylic acids is 1. The highest BCUT2D eigenvalue weighted by molar-refractivity contribution is 7.99. The number of tetrazole rings is 1. The molecular weight excluding hydrogens is 326 g/mol. The number of aromatic nitrogens is 4. The summed E-state index contributed by atoms with van der Waals surface area (Å²) in [5.41, 5.74) is 0. The molecule has 1 saturated heterocycles. The zero-order valence-corrected chi connectivity index (χ0v) is 15.0. The summed E-state index contributed by atoms with van der Waals surface area (Å²) in [4.78, 5) is 14.8. The number of rotatable bonds is 5. The molecule has 0 N–H and O–H groups in total. The van der Waals surface area contributed by atoms with Gasteiger partial charge in [0, 0.05) is 20.0 Å². The highest BCUT2D eigenvalue weighted by Gasteiger charge is 2.29. The molecule has 0 bridgehead atoms. The van der Waals surface area contributed by atoms with Crippen molar-refractivity contribution in [2.75, 3.05) is 12.3 Å². The number of thioether (sulfide) groups is 1. The number of likely N-dealkylation sites (tertiary alicyclic amines) is 1. The molecule has 1 aliphatic heterocycles. The molecular formula is C16H23N5O2S. The van der Waals surface area contributed by atoms with Crippen LogP contribution in [0.5, 0.6) is 0 Å². The summed E-state index contributed by atoms with van der Waals surface area (Å²) in [6.45, 7) is 2.85. The highest BCUT2D eigenvalue weighted by Crippen LogP contribution is 2.32. The first-order valence-electron chi connectivity index (χ1n) is 8.42. The Morgan fingerprint density at radius 3 is 2.96 bits per heavy atom. The summed E-state index contributed by atoms with van der Waals surface area (Å²) in [7, 11) is 1.77. The van der Waals surface area contributed by atoms with Gasteiger partial charge in [-0.15, -0.1) is 5.10 Å². The van der Waals surface area contributed by atoms with Crippen molar-refractivity contribution in [1.82, 2.24) is 25.1 Å². The van der Waals surface area contributed by atoms with Gasteiger partial charge in [-0.25, -0.2) is 4.68 Å². The van der Waals surface area contributed by atoms with Crippen LogP contribution in [0.3, 0.4) is 0 Å². The zero-order valence-electron chi connectivity index (χ0n) is 14.1. The van der Waals surface area contributed by atoms with Crippen molar-refractivity contribution in [3.63, 3.8) is 0 Å². The van der Waals surface area contributed by atoms with Gasteiger partial charge in [0.1, 0.15) is 11.5 Å². The monoisotopic (exact) mass is 349 g/mol. The van der Waals surface area contributed by atoms with Crippen molar-refractivity contribution in [3.05, 3.63) is 23.7 Å². The number of aryl methyl sites for hydroxylation is 2. The third kappa shape index (κ3) is 3.80. The Balaban J connectivity index is 1.71. The number of nitrogens with zero attached hydrogens (tertiary/aromatic N) is 5. The van der Waals surface area contributed by atoms with Gasteiger partial charge in [0.25, 0.3) is 0 Å². The molecule has 1 amide bonds. The number of furan rings is 1. The molecule has 1 unspecified atom stereocenters. The summed E-state index contributed by atoms with van der Waals surface area (Å²) in [6, 6.07) is 4.08. The van der Waals surface area contributed by atoms with Crippen LogP contribution >= 0.6 is 11.8 Å². The lowest BCUT2D eigenvalue weighted by atomic mass is 10.1. The Hall–Kier alpha value is -1.83. The molecule has 0 saturated carbocycles. The van der Waals surface area contributed by atoms with E-state index in [1.165, 1.54) is 11.8 Å². The van der Waals surface area contributed by atoms with Crippen molar-refractivity contribution < 1.29 is 9.21 Å². The van der Waals surface area contributed by atoms with Gasteiger partial charge in [0.15, 0.2) is 0 Å². The number of carbonyl (C=O) groups is 1. The Morgan fingerprint density at radius 1 is 1.38 bits per heavy atom. The van der Waals surface area contributed by atoms with E-state index < -0.39 is 0 Å². The van der Waals surface area contributed by atoms with Gasteiger partial charge < -0.3 is 9.32 Å². The molecule has 1 aliphatic rings. The first-order chi connectivity index (χ1) is 11.7. The molecule has 0 aromatic carbocycles. The van der Waals surface area contributed by atoms with E-state index in [4.69, 9.17) is 4.42 Å². The molecule has 2 aromatic heterocycles. The molecule has 7 nitrogen and oxygen atoms in total. The zero-order chi connectivity index (χ0) is 16.9. The SMILES string of the molecule is CCc1ccc(C2CCCCCN2C(=O)CSc2nnnn2C)o1. The maximum absolute atomic E-state index is 12.8. The van der Waals surface area contributed by atoms with Crippen LogP contribution in [0.15, 0.2) is 21.7 Å². The van der Waals surface area contributed by atoms with E-state index in [1.807, 2.05) is 17.0 Å². The Kier molecular flexibility index (Phi) is 5.55. The average Bonchev–Trinajstić information content (AvgIpc) is 3.15. The predicted octanol–water partition coefficient (Wildman–Crippen LogP) is 2.60. The minimum atomic E-state index is 0.0403. The second-order valence-electron chi connectivity index (χ2n) is 5.98. The molecule has 0 radical (unpaired) electrons. The highest BCUT2D eigenvalue weighted by atomic mass is 32.2. The maximum atomic E-state index is 12.8. The van der Waals surface area contributed by atoms with Crippen LogP contribution in [0.2, 0.25) is 0 Å². The van der Waals surface area contributed by atoms with Gasteiger partial charge in [-0.05, 0) is 35.4 Å². The second kappa shape index (κ2) is 7.83. The standard InChI is InChI=1S/C16H23N5O2S/c1-3-12-8-9-14(23-12)13-7-5-4-6-10-21(13)15(22)11-24-16-17-18-19-20(16)2/h8-9,13H,3-7,10-11H2,1-2H3. The lowest BCUT2D eigenvalue weighted by Crippen LogP contribution is -2.36. The van der Waals surface area contributed by atoms with Gasteiger partial charge in [-0.2, -0.15) is 0 Å². The lowest BCUT2D eigenvalue weighted by molar-refractivity contribution is -0.131. The number of hydrogen-bond acceptors (Lipinski definition) is 6. The smallest absolute Gasteiger partial charge is 0.233 e. The fraction of sp³-hybridized carbons (Fsp3) is 0.625. The van der Waals surface area contributed by atoms with Gasteiger partial charge >= 0.3 is 0 Å². The van der Waals surface area contributed by atoms with Crippen LogP contribution in [0.1, 0.15) is 50.2 Å². The Bertz CT molecular complexity index is 684. The van der Waals surface area contributed by atoms with E-state index in [0.29, 0.717) is 10.9 Å². The normalized spacial score (nSPS) is 18.6. The van der Waals surface area contributed by atoms with Crippen LogP contribution in [0, 0.1) is 0 Å². The first kappa shape index (κ1) is 17.0. The minimum absolute atomic E-state index is 0.0403. The van der Waals surface area contributed by atoms with Crippen LogP contribution < -0.4 is 0 Å². The molecule has 8 heteroatoms. The molecule has 3 heterocycles. The van der Waals surface area contributed by atoms with Crippen molar-refractivity contribution in [1.29, 1.82) is 0 Å². The summed E-state index contributed by atoms with van der Waals surface area (Å²) >= 11 is 1.37. The summed E-state index contributed by atoms with van der Waals surface area (Å²) in [5.74, 6) is 2.34. The lowest BCUT2D eigenvalue weighted by Gasteiger charge is -2.28.